The van der Waals surface area contributed by atoms with Crippen LogP contribution in [0.4, 0.5) is 0 Å². The van der Waals surface area contributed by atoms with Gasteiger partial charge in [0, 0.05) is 0 Å². The Balaban J connectivity index is 2.25. The second kappa shape index (κ2) is 4.46. The fourth-order valence-electron chi connectivity index (χ4n) is 5.31. The summed E-state index contributed by atoms with van der Waals surface area (Å²) >= 11 is 0. The molecule has 2 heterocycles. The second-order valence-corrected chi connectivity index (χ2v) is 6.69. The van der Waals surface area contributed by atoms with Crippen LogP contribution in [-0.2, 0) is 19.1 Å². The van der Waals surface area contributed by atoms with Gasteiger partial charge in [0.2, 0.25) is 0 Å². The van der Waals surface area contributed by atoms with Crippen molar-refractivity contribution in [2.75, 3.05) is 0 Å². The van der Waals surface area contributed by atoms with Crippen molar-refractivity contribution in [1.82, 2.24) is 0 Å². The fourth-order valence-corrected chi connectivity index (χ4v) is 5.31. The lowest BCUT2D eigenvalue weighted by atomic mass is 9.39. The summed E-state index contributed by atoms with van der Waals surface area (Å²) in [5.74, 6) is -0.546. The Morgan fingerprint density at radius 2 is 1.27 bits per heavy atom. The van der Waals surface area contributed by atoms with Crippen molar-refractivity contribution in [1.29, 1.82) is 0 Å². The summed E-state index contributed by atoms with van der Waals surface area (Å²) < 4.78 is 11.2. The molecule has 22 heavy (non-hydrogen) atoms. The molecule has 0 bridgehead atoms. The normalized spacial score (nSPS) is 46.5. The Bertz CT molecular complexity index is 517. The summed E-state index contributed by atoms with van der Waals surface area (Å²) in [5.41, 5.74) is -3.25. The number of esters is 2. The van der Waals surface area contributed by atoms with Gasteiger partial charge in [-0.25, -0.2) is 0 Å². The Morgan fingerprint density at radius 3 is 1.50 bits per heavy atom. The highest BCUT2D eigenvalue weighted by Crippen LogP contribution is 2.73. The lowest BCUT2D eigenvalue weighted by Gasteiger charge is -2.71. The van der Waals surface area contributed by atoms with Gasteiger partial charge in [-0.2, -0.15) is 0 Å². The average molecular weight is 304 g/mol. The molecule has 2 spiro atoms. The molecule has 0 amide bonds. The Kier molecular flexibility index (Phi) is 3.11. The summed E-state index contributed by atoms with van der Waals surface area (Å²) in [6, 6.07) is 0. The molecule has 3 aliphatic rings. The van der Waals surface area contributed by atoms with E-state index in [1.807, 2.05) is 13.8 Å². The summed E-state index contributed by atoms with van der Waals surface area (Å²) in [6.45, 7) is 11.8. The number of cyclic esters (lactones) is 2. The largest absolute Gasteiger partial charge is 0.453 e. The summed E-state index contributed by atoms with van der Waals surface area (Å²) in [6.07, 6.45) is 7.80. The molecular formula is C18H24O4. The number of carbonyl (C=O) groups excluding carboxylic acids is 2. The first-order valence-corrected chi connectivity index (χ1v) is 8.20. The molecule has 0 radical (unpaired) electrons. The average Bonchev–Trinajstić information content (AvgIpc) is 2.56. The number of rotatable bonds is 4. The van der Waals surface area contributed by atoms with Gasteiger partial charge in [0.05, 0.1) is 0 Å². The van der Waals surface area contributed by atoms with E-state index in [1.165, 1.54) is 0 Å². The van der Waals surface area contributed by atoms with Crippen LogP contribution < -0.4 is 0 Å². The van der Waals surface area contributed by atoms with Crippen LogP contribution in [0.25, 0.3) is 0 Å². The minimum absolute atomic E-state index is 0.273. The molecule has 120 valence electrons. The van der Waals surface area contributed by atoms with Crippen molar-refractivity contribution in [2.24, 2.45) is 10.8 Å². The molecule has 1 saturated carbocycles. The maximum atomic E-state index is 12.7. The van der Waals surface area contributed by atoms with Gasteiger partial charge in [-0.15, -0.1) is 0 Å². The highest BCUT2D eigenvalue weighted by atomic mass is 16.6. The van der Waals surface area contributed by atoms with Gasteiger partial charge >= 0.3 is 11.9 Å². The van der Waals surface area contributed by atoms with E-state index in [2.05, 4.69) is 13.2 Å². The van der Waals surface area contributed by atoms with Crippen LogP contribution >= 0.6 is 0 Å². The Hall–Kier alpha value is -1.58. The first kappa shape index (κ1) is 15.3. The molecule has 4 atom stereocenters. The van der Waals surface area contributed by atoms with Crippen LogP contribution in [0.15, 0.2) is 25.3 Å². The molecule has 0 N–H and O–H groups in total. The summed E-state index contributed by atoms with van der Waals surface area (Å²) in [4.78, 5) is 25.4. The lowest BCUT2D eigenvalue weighted by molar-refractivity contribution is -0.325. The number of fused-ring (bicyclic) bond motifs is 1. The van der Waals surface area contributed by atoms with E-state index in [-0.39, 0.29) is 11.9 Å². The maximum absolute atomic E-state index is 12.7. The smallest absolute Gasteiger partial charge is 0.318 e. The predicted octanol–water partition coefficient (Wildman–Crippen LogP) is 3.32. The molecule has 4 unspecified atom stereocenters. The summed E-state index contributed by atoms with van der Waals surface area (Å²) in [5, 5.41) is 0. The molecule has 4 nitrogen and oxygen atoms in total. The van der Waals surface area contributed by atoms with E-state index in [1.54, 1.807) is 12.2 Å². The van der Waals surface area contributed by atoms with E-state index >= 15 is 0 Å². The molecule has 2 aliphatic heterocycles. The minimum Gasteiger partial charge on any atom is -0.453 e. The van der Waals surface area contributed by atoms with Gasteiger partial charge in [0.25, 0.3) is 0 Å². The third kappa shape index (κ3) is 1.19. The third-order valence-corrected chi connectivity index (χ3v) is 6.48. The van der Waals surface area contributed by atoms with Crippen molar-refractivity contribution >= 4 is 11.9 Å². The molecule has 0 aromatic rings. The molecule has 0 aromatic heterocycles. The first-order valence-electron chi connectivity index (χ1n) is 8.20. The highest BCUT2D eigenvalue weighted by Gasteiger charge is 2.87. The summed E-state index contributed by atoms with van der Waals surface area (Å²) in [7, 11) is 0. The molecule has 3 rings (SSSR count). The van der Waals surface area contributed by atoms with E-state index in [0.29, 0.717) is 25.7 Å². The van der Waals surface area contributed by atoms with E-state index in [9.17, 15) is 9.59 Å². The zero-order valence-corrected chi connectivity index (χ0v) is 13.4. The van der Waals surface area contributed by atoms with Gasteiger partial charge < -0.3 is 9.47 Å². The third-order valence-electron chi connectivity index (χ3n) is 6.48. The van der Waals surface area contributed by atoms with Crippen LogP contribution in [0.2, 0.25) is 0 Å². The Labute approximate surface area is 131 Å². The van der Waals surface area contributed by atoms with Crippen LogP contribution in [0.5, 0.6) is 0 Å². The maximum Gasteiger partial charge on any atom is 0.318 e. The molecule has 0 aromatic carbocycles. The van der Waals surface area contributed by atoms with Crippen LogP contribution in [0, 0.1) is 10.8 Å². The number of hydrogen-bond donors (Lipinski definition) is 0. The first-order chi connectivity index (χ1) is 10.5. The zero-order valence-electron chi connectivity index (χ0n) is 13.4. The highest BCUT2D eigenvalue weighted by molar-refractivity contribution is 5.99. The van der Waals surface area contributed by atoms with Gasteiger partial charge in [0.15, 0.2) is 0 Å². The van der Waals surface area contributed by atoms with Gasteiger partial charge in [0.1, 0.15) is 22.0 Å². The molecule has 2 saturated heterocycles. The molecule has 3 fully saturated rings. The van der Waals surface area contributed by atoms with Crippen LogP contribution in [0.3, 0.4) is 0 Å². The quantitative estimate of drug-likeness (QED) is 0.590. The topological polar surface area (TPSA) is 52.6 Å². The molecular weight excluding hydrogens is 280 g/mol. The second-order valence-electron chi connectivity index (χ2n) is 6.69. The predicted molar refractivity (Wildman–Crippen MR) is 82.0 cm³/mol. The lowest BCUT2D eigenvalue weighted by Crippen LogP contribution is -2.84. The fraction of sp³-hybridized carbons (Fsp3) is 0.667. The van der Waals surface area contributed by atoms with E-state index in [4.69, 9.17) is 9.47 Å². The standard InChI is InChI=1S/C18H24O4/c1-5-15(6-2)17(13(19)21-15)11-9-10-12-18(17)14(20)22-16(18,7-3)8-4/h5,7H,1,3,6,8-12H2,2,4H3. The van der Waals surface area contributed by atoms with Crippen molar-refractivity contribution in [3.63, 3.8) is 0 Å². The van der Waals surface area contributed by atoms with E-state index < -0.39 is 22.0 Å². The van der Waals surface area contributed by atoms with Crippen LogP contribution in [-0.4, -0.2) is 23.1 Å². The molecule has 4 heteroatoms. The number of carbonyl (C=O) groups is 2. The van der Waals surface area contributed by atoms with Crippen molar-refractivity contribution in [2.45, 2.75) is 63.6 Å². The van der Waals surface area contributed by atoms with Crippen molar-refractivity contribution in [3.05, 3.63) is 25.3 Å². The number of ether oxygens (including phenoxy) is 2. The number of hydrogen-bond acceptors (Lipinski definition) is 4. The zero-order chi connectivity index (χ0) is 16.2. The SMILES string of the molecule is C=CC1(CC)OC(=O)C12CCCCC21C(=O)OC1(C=C)CC. The van der Waals surface area contributed by atoms with Gasteiger partial charge in [-0.05, 0) is 37.8 Å². The van der Waals surface area contributed by atoms with Crippen LogP contribution in [0.1, 0.15) is 52.4 Å². The Morgan fingerprint density at radius 1 is 0.909 bits per heavy atom. The van der Waals surface area contributed by atoms with Gasteiger partial charge in [-0.3, -0.25) is 9.59 Å². The van der Waals surface area contributed by atoms with Crippen molar-refractivity contribution in [3.8, 4) is 0 Å². The van der Waals surface area contributed by atoms with E-state index in [0.717, 1.165) is 12.8 Å². The van der Waals surface area contributed by atoms with Gasteiger partial charge in [-0.1, -0.05) is 39.8 Å². The van der Waals surface area contributed by atoms with Crippen molar-refractivity contribution < 1.29 is 19.1 Å². The monoisotopic (exact) mass is 304 g/mol. The molecule has 1 aliphatic carbocycles. The minimum atomic E-state index is -0.853.